The van der Waals surface area contributed by atoms with E-state index in [1.807, 2.05) is 0 Å². The number of allylic oxidation sites excluding steroid dienone is 2. The molecule has 0 unspecified atom stereocenters. The highest BCUT2D eigenvalue weighted by Crippen LogP contribution is 2.28. The van der Waals surface area contributed by atoms with Crippen molar-refractivity contribution in [1.82, 2.24) is 15.2 Å². The number of hydrogen-bond donors (Lipinski definition) is 3. The molecule has 5 heteroatoms. The Bertz CT molecular complexity index is 740. The second-order valence-corrected chi connectivity index (χ2v) is 8.14. The van der Waals surface area contributed by atoms with Crippen LogP contribution in [-0.4, -0.2) is 25.4 Å². The number of hydrogen-bond acceptors (Lipinski definition) is 4. The largest absolute Gasteiger partial charge is 0.504 e. The zero-order valence-corrected chi connectivity index (χ0v) is 18.6. The van der Waals surface area contributed by atoms with E-state index in [0.29, 0.717) is 11.4 Å². The summed E-state index contributed by atoms with van der Waals surface area (Å²) >= 11 is 0. The Labute approximate surface area is 181 Å². The molecule has 2 aromatic rings. The van der Waals surface area contributed by atoms with Gasteiger partial charge >= 0.3 is 0 Å². The number of aryl methyl sites for hydroxylation is 1. The fourth-order valence-corrected chi connectivity index (χ4v) is 3.56. The highest BCUT2D eigenvalue weighted by atomic mass is 16.3. The molecule has 0 amide bonds. The van der Waals surface area contributed by atoms with Crippen molar-refractivity contribution in [2.75, 3.05) is 0 Å². The molecule has 2 rings (SSSR count). The van der Waals surface area contributed by atoms with Gasteiger partial charge in [0.05, 0.1) is 0 Å². The smallest absolute Gasteiger partial charge is 0.181 e. The van der Waals surface area contributed by atoms with Gasteiger partial charge in [0.2, 0.25) is 0 Å². The molecule has 0 radical (unpaired) electrons. The Balaban J connectivity index is 1.47. The van der Waals surface area contributed by atoms with Crippen molar-refractivity contribution in [2.45, 2.75) is 96.8 Å². The number of phenols is 2. The Hall–Kier alpha value is -2.30. The predicted octanol–water partition coefficient (Wildman–Crippen LogP) is 7.07. The van der Waals surface area contributed by atoms with Gasteiger partial charge in [0.15, 0.2) is 17.3 Å². The summed E-state index contributed by atoms with van der Waals surface area (Å²) in [6, 6.07) is 4.62. The molecule has 1 heterocycles. The second kappa shape index (κ2) is 14.6. The summed E-state index contributed by atoms with van der Waals surface area (Å²) in [5.41, 5.74) is 0.692. The summed E-state index contributed by atoms with van der Waals surface area (Å²) in [5, 5.41) is 26.2. The Kier molecular flexibility index (Phi) is 11.7. The molecule has 0 saturated heterocycles. The maximum atomic E-state index is 9.60. The van der Waals surface area contributed by atoms with Gasteiger partial charge in [0.1, 0.15) is 5.82 Å². The molecule has 0 aliphatic carbocycles. The van der Waals surface area contributed by atoms with Crippen molar-refractivity contribution in [1.29, 1.82) is 0 Å². The molecule has 0 spiro atoms. The molecule has 166 valence electrons. The number of H-pyrrole nitrogens is 1. The number of aromatic nitrogens is 3. The maximum absolute atomic E-state index is 9.60. The number of phenolic OH excluding ortho intramolecular Hbond substituents is 2. The van der Waals surface area contributed by atoms with Crippen molar-refractivity contribution >= 4 is 0 Å². The summed E-state index contributed by atoms with van der Waals surface area (Å²) in [6.07, 6.45) is 22.5. The molecule has 1 aromatic heterocycles. The number of benzene rings is 1. The standard InChI is InChI=1S/C25H39N3O2/c1-2-3-4-5-6-7-8-9-10-11-12-13-14-15-16-17-24-26-25(28-27-24)21-18-19-22(29)23(30)20-21/h9-10,18-20,29-30H,2-8,11-17H2,1H3,(H,26,27,28)/b10-9-. The summed E-state index contributed by atoms with van der Waals surface area (Å²) in [5.74, 6) is 1.13. The normalized spacial score (nSPS) is 11.5. The van der Waals surface area contributed by atoms with Crippen LogP contribution in [0.2, 0.25) is 0 Å². The van der Waals surface area contributed by atoms with Crippen molar-refractivity contribution in [2.24, 2.45) is 0 Å². The lowest BCUT2D eigenvalue weighted by Gasteiger charge is -2.00. The third-order valence-corrected chi connectivity index (χ3v) is 5.44. The number of aromatic amines is 1. The number of unbranched alkanes of at least 4 members (excludes halogenated alkanes) is 11. The molecule has 0 saturated carbocycles. The van der Waals surface area contributed by atoms with Gasteiger partial charge in [-0.1, -0.05) is 70.4 Å². The molecule has 1 aromatic carbocycles. The first kappa shape index (κ1) is 24.0. The lowest BCUT2D eigenvalue weighted by atomic mass is 10.1. The highest BCUT2D eigenvalue weighted by molar-refractivity contribution is 5.60. The van der Waals surface area contributed by atoms with Gasteiger partial charge < -0.3 is 10.2 Å². The Morgan fingerprint density at radius 1 is 0.800 bits per heavy atom. The van der Waals surface area contributed by atoms with Gasteiger partial charge in [-0.2, -0.15) is 5.10 Å². The molecule has 5 nitrogen and oxygen atoms in total. The van der Waals surface area contributed by atoms with E-state index >= 15 is 0 Å². The van der Waals surface area contributed by atoms with Crippen LogP contribution in [0.5, 0.6) is 11.5 Å². The van der Waals surface area contributed by atoms with Gasteiger partial charge in [-0.25, -0.2) is 4.98 Å². The first-order valence-corrected chi connectivity index (χ1v) is 11.8. The Morgan fingerprint density at radius 3 is 2.10 bits per heavy atom. The maximum Gasteiger partial charge on any atom is 0.181 e. The molecule has 0 aliphatic rings. The van der Waals surface area contributed by atoms with E-state index in [1.54, 1.807) is 6.07 Å². The summed E-state index contributed by atoms with van der Waals surface area (Å²) in [7, 11) is 0. The van der Waals surface area contributed by atoms with E-state index in [-0.39, 0.29) is 11.5 Å². The van der Waals surface area contributed by atoms with Crippen molar-refractivity contribution in [3.63, 3.8) is 0 Å². The average Bonchev–Trinajstić information content (AvgIpc) is 3.22. The van der Waals surface area contributed by atoms with Crippen LogP contribution in [0.25, 0.3) is 11.4 Å². The highest BCUT2D eigenvalue weighted by Gasteiger charge is 2.08. The van der Waals surface area contributed by atoms with Gasteiger partial charge in [0, 0.05) is 12.0 Å². The van der Waals surface area contributed by atoms with Crippen molar-refractivity contribution < 1.29 is 10.2 Å². The third-order valence-electron chi connectivity index (χ3n) is 5.44. The van der Waals surface area contributed by atoms with Crippen molar-refractivity contribution in [3.05, 3.63) is 36.2 Å². The van der Waals surface area contributed by atoms with Gasteiger partial charge in [-0.3, -0.25) is 5.10 Å². The lowest BCUT2D eigenvalue weighted by Crippen LogP contribution is -1.89. The molecule has 30 heavy (non-hydrogen) atoms. The third kappa shape index (κ3) is 9.47. The van der Waals surface area contributed by atoms with E-state index in [4.69, 9.17) is 0 Å². The van der Waals surface area contributed by atoms with Crippen molar-refractivity contribution in [3.8, 4) is 22.9 Å². The molecule has 0 aliphatic heterocycles. The first-order valence-electron chi connectivity index (χ1n) is 11.8. The van der Waals surface area contributed by atoms with Gasteiger partial charge in [-0.15, -0.1) is 0 Å². The minimum absolute atomic E-state index is 0.136. The predicted molar refractivity (Wildman–Crippen MR) is 124 cm³/mol. The fourth-order valence-electron chi connectivity index (χ4n) is 3.56. The summed E-state index contributed by atoms with van der Waals surface area (Å²) < 4.78 is 0. The van der Waals surface area contributed by atoms with Gasteiger partial charge in [-0.05, 0) is 50.3 Å². The lowest BCUT2D eigenvalue weighted by molar-refractivity contribution is 0.404. The minimum Gasteiger partial charge on any atom is -0.504 e. The first-order chi connectivity index (χ1) is 14.7. The van der Waals surface area contributed by atoms with Crippen LogP contribution in [-0.2, 0) is 6.42 Å². The molecular weight excluding hydrogens is 374 g/mol. The molecule has 3 N–H and O–H groups in total. The molecule has 0 atom stereocenters. The summed E-state index contributed by atoms with van der Waals surface area (Å²) in [4.78, 5) is 4.49. The monoisotopic (exact) mass is 413 g/mol. The van der Waals surface area contributed by atoms with E-state index in [1.165, 1.54) is 89.2 Å². The van der Waals surface area contributed by atoms with Crippen LogP contribution in [0.15, 0.2) is 30.4 Å². The van der Waals surface area contributed by atoms with Crippen LogP contribution in [0.1, 0.15) is 96.2 Å². The zero-order valence-electron chi connectivity index (χ0n) is 18.6. The molecule has 0 bridgehead atoms. The van der Waals surface area contributed by atoms with Crippen LogP contribution >= 0.6 is 0 Å². The molecule has 0 fully saturated rings. The number of aromatic hydroxyl groups is 2. The van der Waals surface area contributed by atoms with E-state index in [9.17, 15) is 10.2 Å². The number of nitrogens with one attached hydrogen (secondary N) is 1. The van der Waals surface area contributed by atoms with Crippen LogP contribution in [0, 0.1) is 0 Å². The van der Waals surface area contributed by atoms with E-state index in [2.05, 4.69) is 34.3 Å². The van der Waals surface area contributed by atoms with Crippen LogP contribution in [0.3, 0.4) is 0 Å². The molecular formula is C25H39N3O2. The Morgan fingerprint density at radius 2 is 1.43 bits per heavy atom. The van der Waals surface area contributed by atoms with E-state index < -0.39 is 0 Å². The van der Waals surface area contributed by atoms with Crippen LogP contribution in [0.4, 0.5) is 0 Å². The number of nitrogens with zero attached hydrogens (tertiary/aromatic N) is 2. The van der Waals surface area contributed by atoms with Crippen LogP contribution < -0.4 is 0 Å². The quantitative estimate of drug-likeness (QED) is 0.156. The van der Waals surface area contributed by atoms with E-state index in [0.717, 1.165) is 18.7 Å². The fraction of sp³-hybridized carbons (Fsp3) is 0.600. The average molecular weight is 414 g/mol. The number of rotatable bonds is 16. The second-order valence-electron chi connectivity index (χ2n) is 8.14. The SMILES string of the molecule is CCCCCCCC/C=C\CCCCCCCc1nc(-c2ccc(O)c(O)c2)n[nH]1. The minimum atomic E-state index is -0.156. The topological polar surface area (TPSA) is 82.0 Å². The van der Waals surface area contributed by atoms with Gasteiger partial charge in [0.25, 0.3) is 0 Å². The summed E-state index contributed by atoms with van der Waals surface area (Å²) in [6.45, 7) is 2.27. The zero-order chi connectivity index (χ0) is 21.4.